The molecule has 0 bridgehead atoms. The fourth-order valence-corrected chi connectivity index (χ4v) is 3.22. The first-order chi connectivity index (χ1) is 17.3. The summed E-state index contributed by atoms with van der Waals surface area (Å²) < 4.78 is 25.7. The van der Waals surface area contributed by atoms with E-state index in [0.29, 0.717) is 11.9 Å². The fraction of sp³-hybridized carbons (Fsp3) is 0.208. The molecule has 0 atom stereocenters. The third-order valence-corrected chi connectivity index (χ3v) is 4.87. The average Bonchev–Trinajstić information content (AvgIpc) is 2.85. The third-order valence-electron chi connectivity index (χ3n) is 4.87. The van der Waals surface area contributed by atoms with Crippen molar-refractivity contribution in [2.24, 2.45) is 5.73 Å². The van der Waals surface area contributed by atoms with Crippen LogP contribution in [0.3, 0.4) is 0 Å². The van der Waals surface area contributed by atoms with Crippen LogP contribution in [0.25, 0.3) is 10.9 Å². The van der Waals surface area contributed by atoms with Crippen LogP contribution < -0.4 is 31.2 Å². The van der Waals surface area contributed by atoms with E-state index in [1.54, 1.807) is 6.92 Å². The minimum absolute atomic E-state index is 0.0488. The van der Waals surface area contributed by atoms with Gasteiger partial charge in [-0.2, -0.15) is 5.26 Å². The molecule has 0 radical (unpaired) electrons. The van der Waals surface area contributed by atoms with E-state index in [9.17, 15) is 18.8 Å². The van der Waals surface area contributed by atoms with Crippen LogP contribution in [0.2, 0.25) is 0 Å². The Morgan fingerprint density at radius 3 is 2.56 bits per heavy atom. The van der Waals surface area contributed by atoms with E-state index < -0.39 is 23.7 Å². The lowest BCUT2D eigenvalue weighted by atomic mass is 10.1. The molecule has 4 amide bonds. The zero-order chi connectivity index (χ0) is 26.2. The van der Waals surface area contributed by atoms with Gasteiger partial charge in [-0.3, -0.25) is 9.59 Å². The lowest BCUT2D eigenvalue weighted by Crippen LogP contribution is -2.28. The molecule has 0 aliphatic heterocycles. The number of hydrogen-bond donors (Lipinski definition) is 4. The monoisotopic (exact) mass is 494 g/mol. The highest BCUT2D eigenvalue weighted by Crippen LogP contribution is 2.35. The van der Waals surface area contributed by atoms with Crippen molar-refractivity contribution < 1.29 is 28.2 Å². The number of nitriles is 1. The number of amides is 4. The number of nitrogens with zero attached hydrogens (tertiary/aromatic N) is 2. The zero-order valence-electron chi connectivity index (χ0n) is 19.5. The molecule has 36 heavy (non-hydrogen) atoms. The molecule has 0 spiro atoms. The first-order valence-corrected chi connectivity index (χ1v) is 10.8. The molecule has 3 aromatic rings. The first kappa shape index (κ1) is 25.7. The van der Waals surface area contributed by atoms with Gasteiger partial charge in [0.1, 0.15) is 28.8 Å². The van der Waals surface area contributed by atoms with Crippen LogP contribution in [0.1, 0.15) is 34.2 Å². The Balaban J connectivity index is 2.04. The van der Waals surface area contributed by atoms with Crippen molar-refractivity contribution >= 4 is 34.4 Å². The van der Waals surface area contributed by atoms with Gasteiger partial charge < -0.3 is 31.2 Å². The summed E-state index contributed by atoms with van der Waals surface area (Å²) in [5.41, 5.74) is 5.60. The summed E-state index contributed by atoms with van der Waals surface area (Å²) in [6.45, 7) is 2.23. The smallest absolute Gasteiger partial charge is 0.319 e. The predicted octanol–water partition coefficient (Wildman–Crippen LogP) is 3.06. The molecule has 5 N–H and O–H groups in total. The molecule has 2 aromatic carbocycles. The molecule has 0 saturated carbocycles. The highest BCUT2D eigenvalue weighted by Gasteiger charge is 2.19. The molecule has 1 heterocycles. The topological polar surface area (TPSA) is 168 Å². The highest BCUT2D eigenvalue weighted by atomic mass is 19.1. The Morgan fingerprint density at radius 1 is 1.14 bits per heavy atom. The van der Waals surface area contributed by atoms with Gasteiger partial charge in [-0.15, -0.1) is 0 Å². The zero-order valence-corrected chi connectivity index (χ0v) is 19.5. The Kier molecular flexibility index (Phi) is 8.19. The number of halogens is 1. The summed E-state index contributed by atoms with van der Waals surface area (Å²) in [5.74, 6) is -1.79. The second-order valence-electron chi connectivity index (χ2n) is 7.33. The number of primary amides is 1. The molecule has 186 valence electrons. The number of fused-ring (bicyclic) bond motifs is 1. The number of carbonyl (C=O) groups excluding carboxylic acids is 3. The van der Waals surface area contributed by atoms with E-state index in [1.165, 1.54) is 37.4 Å². The van der Waals surface area contributed by atoms with E-state index in [2.05, 4.69) is 20.9 Å². The molecule has 0 fully saturated rings. The van der Waals surface area contributed by atoms with Gasteiger partial charge in [0.25, 0.3) is 11.8 Å². The van der Waals surface area contributed by atoms with Crippen molar-refractivity contribution in [3.05, 3.63) is 53.5 Å². The van der Waals surface area contributed by atoms with Crippen molar-refractivity contribution in [3.8, 4) is 23.3 Å². The summed E-state index contributed by atoms with van der Waals surface area (Å²) in [4.78, 5) is 40.4. The van der Waals surface area contributed by atoms with Crippen LogP contribution in [0, 0.1) is 17.1 Å². The van der Waals surface area contributed by atoms with Crippen LogP contribution in [-0.4, -0.2) is 43.0 Å². The van der Waals surface area contributed by atoms with Crippen LogP contribution in [-0.2, 0) is 0 Å². The number of ether oxygens (including phenoxy) is 2. The van der Waals surface area contributed by atoms with Gasteiger partial charge in [0.15, 0.2) is 0 Å². The fourth-order valence-electron chi connectivity index (χ4n) is 3.22. The van der Waals surface area contributed by atoms with Crippen molar-refractivity contribution in [2.45, 2.75) is 13.3 Å². The lowest BCUT2D eigenvalue weighted by Gasteiger charge is -2.15. The molecular weight excluding hydrogens is 471 g/mol. The largest absolute Gasteiger partial charge is 0.496 e. The van der Waals surface area contributed by atoms with E-state index in [0.717, 1.165) is 6.07 Å². The van der Waals surface area contributed by atoms with Crippen molar-refractivity contribution in [2.75, 3.05) is 25.5 Å². The summed E-state index contributed by atoms with van der Waals surface area (Å²) >= 11 is 0. The normalized spacial score (nSPS) is 10.3. The molecule has 0 unspecified atom stereocenters. The Bertz CT molecular complexity index is 1370. The van der Waals surface area contributed by atoms with Gasteiger partial charge in [-0.25, -0.2) is 14.2 Å². The first-order valence-electron chi connectivity index (χ1n) is 10.8. The molecule has 0 saturated heterocycles. The van der Waals surface area contributed by atoms with Gasteiger partial charge in [-0.1, -0.05) is 0 Å². The lowest BCUT2D eigenvalue weighted by molar-refractivity contribution is 0.0950. The molecule has 0 aliphatic carbocycles. The number of aromatic nitrogens is 1. The molecule has 0 aliphatic rings. The molecule has 1 aromatic heterocycles. The highest BCUT2D eigenvalue weighted by molar-refractivity contribution is 6.03. The summed E-state index contributed by atoms with van der Waals surface area (Å²) in [5, 5.41) is 16.5. The maximum absolute atomic E-state index is 14.6. The minimum Gasteiger partial charge on any atom is -0.496 e. The molecule has 12 heteroatoms. The van der Waals surface area contributed by atoms with Gasteiger partial charge in [0.2, 0.25) is 0 Å². The van der Waals surface area contributed by atoms with Gasteiger partial charge in [-0.05, 0) is 25.1 Å². The molecule has 3 rings (SSSR count). The molecule has 11 nitrogen and oxygen atoms in total. The van der Waals surface area contributed by atoms with Crippen LogP contribution in [0.5, 0.6) is 17.2 Å². The van der Waals surface area contributed by atoms with E-state index in [-0.39, 0.29) is 52.7 Å². The standard InChI is InChI=1S/C24H23FN6O5/c1-3-28-24(34)31-17-6-5-13(9-16(17)25)36-21-12-19(22(27)32)30-18-11-20(35-2)15(10-14(18)21)23(33)29-8-4-7-26/h5-6,9-12H,3-4,8H2,1-2H3,(H2,27,32)(H,29,33)(H2,28,31,34). The van der Waals surface area contributed by atoms with Crippen LogP contribution >= 0.6 is 0 Å². The Morgan fingerprint density at radius 2 is 1.92 bits per heavy atom. The second-order valence-corrected chi connectivity index (χ2v) is 7.33. The maximum Gasteiger partial charge on any atom is 0.319 e. The summed E-state index contributed by atoms with van der Waals surface area (Å²) in [6, 6.07) is 9.31. The molecular formula is C24H23FN6O5. The summed E-state index contributed by atoms with van der Waals surface area (Å²) in [7, 11) is 1.36. The predicted molar refractivity (Wildman–Crippen MR) is 129 cm³/mol. The SMILES string of the molecule is CCNC(=O)Nc1ccc(Oc2cc(C(N)=O)nc3cc(OC)c(C(=O)NCCC#N)cc23)cc1F. The van der Waals surface area contributed by atoms with Gasteiger partial charge >= 0.3 is 6.03 Å². The van der Waals surface area contributed by atoms with Crippen molar-refractivity contribution in [1.82, 2.24) is 15.6 Å². The van der Waals surface area contributed by atoms with Crippen molar-refractivity contribution in [3.63, 3.8) is 0 Å². The number of nitrogens with one attached hydrogen (secondary N) is 3. The number of rotatable bonds is 9. The third kappa shape index (κ3) is 5.95. The number of benzene rings is 2. The van der Waals surface area contributed by atoms with E-state index >= 15 is 0 Å². The number of nitrogens with two attached hydrogens (primary N) is 1. The minimum atomic E-state index is -0.827. The Hall–Kier alpha value is -4.92. The van der Waals surface area contributed by atoms with E-state index in [1.807, 2.05) is 6.07 Å². The Labute approximate surface area is 205 Å². The number of pyridine rings is 1. The number of methoxy groups -OCH3 is 1. The van der Waals surface area contributed by atoms with Crippen molar-refractivity contribution in [1.29, 1.82) is 5.26 Å². The quantitative estimate of drug-likeness (QED) is 0.331. The van der Waals surface area contributed by atoms with E-state index in [4.69, 9.17) is 20.5 Å². The summed E-state index contributed by atoms with van der Waals surface area (Å²) in [6.07, 6.45) is 0.121. The maximum atomic E-state index is 14.6. The number of anilines is 1. The van der Waals surface area contributed by atoms with Crippen LogP contribution in [0.15, 0.2) is 36.4 Å². The number of urea groups is 1. The number of hydrogen-bond acceptors (Lipinski definition) is 7. The average molecular weight is 494 g/mol. The second kappa shape index (κ2) is 11.5. The number of carbonyl (C=O) groups is 3. The van der Waals surface area contributed by atoms with Crippen LogP contribution in [0.4, 0.5) is 14.9 Å². The van der Waals surface area contributed by atoms with Gasteiger partial charge in [0.05, 0.1) is 36.4 Å². The van der Waals surface area contributed by atoms with Gasteiger partial charge in [0, 0.05) is 36.7 Å².